The second-order valence-electron chi connectivity index (χ2n) is 8.31. The summed E-state index contributed by atoms with van der Waals surface area (Å²) in [6.07, 6.45) is -0.257. The first-order valence-electron chi connectivity index (χ1n) is 9.84. The van der Waals surface area contributed by atoms with Crippen LogP contribution in [0.2, 0.25) is 0 Å². The van der Waals surface area contributed by atoms with Gasteiger partial charge in [0.05, 0.1) is 11.0 Å². The number of piperazine rings is 1. The number of imidazole rings is 1. The number of anilines is 1. The lowest BCUT2D eigenvalue weighted by Crippen LogP contribution is -2.50. The van der Waals surface area contributed by atoms with Gasteiger partial charge >= 0.3 is 11.8 Å². The van der Waals surface area contributed by atoms with Crippen molar-refractivity contribution < 1.29 is 9.53 Å². The van der Waals surface area contributed by atoms with Gasteiger partial charge in [0, 0.05) is 37.4 Å². The number of aromatic nitrogens is 2. The van der Waals surface area contributed by atoms with Gasteiger partial charge in [0.1, 0.15) is 5.60 Å². The Morgan fingerprint density at radius 2 is 1.66 bits per heavy atom. The molecule has 0 bridgehead atoms. The maximum absolute atomic E-state index is 12.3. The summed E-state index contributed by atoms with van der Waals surface area (Å²) in [5, 5.41) is 0. The Morgan fingerprint density at radius 1 is 0.966 bits per heavy atom. The molecule has 2 aromatic carbocycles. The molecule has 1 aliphatic rings. The van der Waals surface area contributed by atoms with Crippen LogP contribution in [0.1, 0.15) is 20.8 Å². The van der Waals surface area contributed by atoms with Gasteiger partial charge in [-0.3, -0.25) is 0 Å². The first kappa shape index (κ1) is 19.1. The third-order valence-corrected chi connectivity index (χ3v) is 5.00. The summed E-state index contributed by atoms with van der Waals surface area (Å²) >= 11 is 0. The van der Waals surface area contributed by atoms with Gasteiger partial charge in [-0.15, -0.1) is 0 Å². The maximum Gasteiger partial charge on any atom is 0.410 e. The minimum atomic E-state index is -0.487. The molecular weight excluding hydrogens is 368 g/mol. The molecule has 29 heavy (non-hydrogen) atoms. The zero-order chi connectivity index (χ0) is 20.6. The monoisotopic (exact) mass is 394 g/mol. The van der Waals surface area contributed by atoms with Crippen LogP contribution in [0.4, 0.5) is 10.5 Å². The number of hydrogen-bond acceptors (Lipinski definition) is 4. The van der Waals surface area contributed by atoms with Crippen LogP contribution in [0, 0.1) is 0 Å². The molecule has 1 aliphatic heterocycles. The number of aromatic amines is 2. The molecule has 1 aromatic heterocycles. The second-order valence-corrected chi connectivity index (χ2v) is 8.31. The van der Waals surface area contributed by atoms with Crippen molar-refractivity contribution >= 4 is 22.8 Å². The van der Waals surface area contributed by atoms with Gasteiger partial charge in [-0.1, -0.05) is 24.3 Å². The van der Waals surface area contributed by atoms with E-state index in [0.29, 0.717) is 13.1 Å². The first-order chi connectivity index (χ1) is 13.8. The van der Waals surface area contributed by atoms with Crippen molar-refractivity contribution in [2.75, 3.05) is 31.1 Å². The quantitative estimate of drug-likeness (QED) is 0.696. The Bertz CT molecular complexity index is 1090. The molecule has 1 amide bonds. The van der Waals surface area contributed by atoms with Gasteiger partial charge < -0.3 is 24.5 Å². The fourth-order valence-corrected chi connectivity index (χ4v) is 3.65. The Kier molecular flexibility index (Phi) is 4.82. The van der Waals surface area contributed by atoms with Gasteiger partial charge in [0.25, 0.3) is 0 Å². The summed E-state index contributed by atoms with van der Waals surface area (Å²) in [6, 6.07) is 14.1. The number of nitrogens with one attached hydrogen (secondary N) is 2. The zero-order valence-corrected chi connectivity index (χ0v) is 17.0. The van der Waals surface area contributed by atoms with E-state index < -0.39 is 5.60 Å². The number of carbonyl (C=O) groups is 1. The van der Waals surface area contributed by atoms with Crippen LogP contribution in [0.5, 0.6) is 0 Å². The summed E-state index contributed by atoms with van der Waals surface area (Å²) in [4.78, 5) is 33.5. The van der Waals surface area contributed by atoms with Crippen molar-refractivity contribution in [1.29, 1.82) is 0 Å². The lowest BCUT2D eigenvalue weighted by Gasteiger charge is -2.37. The summed E-state index contributed by atoms with van der Waals surface area (Å²) in [6.45, 7) is 8.35. The summed E-state index contributed by atoms with van der Waals surface area (Å²) < 4.78 is 5.49. The molecule has 7 nitrogen and oxygen atoms in total. The summed E-state index contributed by atoms with van der Waals surface area (Å²) in [5.74, 6) is 0. The highest BCUT2D eigenvalue weighted by Gasteiger charge is 2.26. The third-order valence-electron chi connectivity index (χ3n) is 5.00. The Labute approximate surface area is 169 Å². The number of hydrogen-bond donors (Lipinski definition) is 2. The van der Waals surface area contributed by atoms with E-state index >= 15 is 0 Å². The predicted molar refractivity (Wildman–Crippen MR) is 114 cm³/mol. The van der Waals surface area contributed by atoms with Gasteiger partial charge in [-0.05, 0) is 44.5 Å². The van der Waals surface area contributed by atoms with E-state index in [4.69, 9.17) is 4.74 Å². The third kappa shape index (κ3) is 4.13. The molecule has 2 heterocycles. The smallest absolute Gasteiger partial charge is 0.410 e. The van der Waals surface area contributed by atoms with Crippen molar-refractivity contribution in [2.24, 2.45) is 0 Å². The van der Waals surface area contributed by atoms with E-state index in [-0.39, 0.29) is 11.8 Å². The van der Waals surface area contributed by atoms with Crippen LogP contribution in [-0.4, -0.2) is 52.7 Å². The number of H-pyrrole nitrogens is 2. The van der Waals surface area contributed by atoms with Gasteiger partial charge in [0.15, 0.2) is 0 Å². The number of rotatable bonds is 2. The molecule has 0 spiro atoms. The highest BCUT2D eigenvalue weighted by atomic mass is 16.6. The molecule has 0 radical (unpaired) electrons. The maximum atomic E-state index is 12.3. The average Bonchev–Trinajstić information content (AvgIpc) is 3.06. The first-order valence-corrected chi connectivity index (χ1v) is 9.84. The molecule has 152 valence electrons. The minimum Gasteiger partial charge on any atom is -0.444 e. The SMILES string of the molecule is CC(C)(C)OC(=O)N1CCN(c2ccccc2-c2ccc3[nH]c(=O)[nH]c3c2)CC1. The fraction of sp³-hybridized carbons (Fsp3) is 0.364. The molecule has 7 heteroatoms. The number of nitrogens with zero attached hydrogens (tertiary/aromatic N) is 2. The standard InChI is InChI=1S/C22H26N4O3/c1-22(2,3)29-21(28)26-12-10-25(11-13-26)19-7-5-4-6-16(19)15-8-9-17-18(14-15)24-20(27)23-17/h4-9,14H,10-13H2,1-3H3,(H2,23,24,27). The topological polar surface area (TPSA) is 81.4 Å². The largest absolute Gasteiger partial charge is 0.444 e. The number of ether oxygens (including phenoxy) is 1. The molecule has 1 saturated heterocycles. The zero-order valence-electron chi connectivity index (χ0n) is 17.0. The number of carbonyl (C=O) groups excluding carboxylic acids is 1. The van der Waals surface area contributed by atoms with E-state index in [1.165, 1.54) is 0 Å². The fourth-order valence-electron chi connectivity index (χ4n) is 3.65. The lowest BCUT2D eigenvalue weighted by atomic mass is 10.0. The molecule has 0 atom stereocenters. The van der Waals surface area contributed by atoms with Crippen LogP contribution in [0.25, 0.3) is 22.2 Å². The Balaban J connectivity index is 1.54. The van der Waals surface area contributed by atoms with Crippen molar-refractivity contribution in [3.63, 3.8) is 0 Å². The van der Waals surface area contributed by atoms with Crippen molar-refractivity contribution in [3.05, 3.63) is 52.9 Å². The van der Waals surface area contributed by atoms with Crippen LogP contribution < -0.4 is 10.6 Å². The number of fused-ring (bicyclic) bond motifs is 1. The number of amides is 1. The lowest BCUT2D eigenvalue weighted by molar-refractivity contribution is 0.0240. The van der Waals surface area contributed by atoms with Gasteiger partial charge in [0.2, 0.25) is 0 Å². The molecule has 4 rings (SSSR count). The van der Waals surface area contributed by atoms with Crippen LogP contribution in [0.15, 0.2) is 47.3 Å². The Morgan fingerprint density at radius 3 is 2.38 bits per heavy atom. The normalized spacial score (nSPS) is 15.0. The second kappa shape index (κ2) is 7.31. The molecule has 0 saturated carbocycles. The minimum absolute atomic E-state index is 0.205. The molecule has 2 N–H and O–H groups in total. The van der Waals surface area contributed by atoms with Gasteiger partial charge in [-0.2, -0.15) is 0 Å². The van der Waals surface area contributed by atoms with Crippen LogP contribution in [0.3, 0.4) is 0 Å². The number of benzene rings is 2. The van der Waals surface area contributed by atoms with Crippen molar-refractivity contribution in [2.45, 2.75) is 26.4 Å². The highest BCUT2D eigenvalue weighted by molar-refractivity contribution is 5.86. The van der Waals surface area contributed by atoms with E-state index in [2.05, 4.69) is 27.0 Å². The van der Waals surface area contributed by atoms with Crippen LogP contribution in [-0.2, 0) is 4.74 Å². The van der Waals surface area contributed by atoms with E-state index in [1.54, 1.807) is 4.90 Å². The summed E-state index contributed by atoms with van der Waals surface area (Å²) in [5.41, 5.74) is 4.15. The average molecular weight is 394 g/mol. The van der Waals surface area contributed by atoms with E-state index in [0.717, 1.165) is 40.9 Å². The molecule has 0 unspecified atom stereocenters. The van der Waals surface area contributed by atoms with Crippen LogP contribution >= 0.6 is 0 Å². The van der Waals surface area contributed by atoms with Crippen molar-refractivity contribution in [3.8, 4) is 11.1 Å². The highest BCUT2D eigenvalue weighted by Crippen LogP contribution is 2.32. The Hall–Kier alpha value is -3.22. The predicted octanol–water partition coefficient (Wildman–Crippen LogP) is 3.58. The summed E-state index contributed by atoms with van der Waals surface area (Å²) in [7, 11) is 0. The number of para-hydroxylation sites is 1. The van der Waals surface area contributed by atoms with E-state index in [1.807, 2.05) is 51.1 Å². The molecule has 0 aliphatic carbocycles. The van der Waals surface area contributed by atoms with Gasteiger partial charge in [-0.25, -0.2) is 9.59 Å². The molecular formula is C22H26N4O3. The van der Waals surface area contributed by atoms with Crippen molar-refractivity contribution in [1.82, 2.24) is 14.9 Å². The molecule has 1 fully saturated rings. The molecule has 3 aromatic rings. The van der Waals surface area contributed by atoms with E-state index in [9.17, 15) is 9.59 Å².